The summed E-state index contributed by atoms with van der Waals surface area (Å²) >= 11 is 0. The molecular weight excluding hydrogens is 592 g/mol. The van der Waals surface area contributed by atoms with Crippen LogP contribution in [0.15, 0.2) is 24.3 Å². The minimum absolute atomic E-state index is 0. The van der Waals surface area contributed by atoms with Crippen molar-refractivity contribution < 1.29 is 19.5 Å². The first-order chi connectivity index (χ1) is 21.1. The number of carbonyl (C=O) groups excluding carboxylic acids is 3. The Kier molecular flexibility index (Phi) is 11.4. The summed E-state index contributed by atoms with van der Waals surface area (Å²) in [5.74, 6) is -0.269. The second-order valence-corrected chi connectivity index (χ2v) is 13.3. The molecule has 1 aliphatic carbocycles. The maximum atomic E-state index is 14.1. The quantitative estimate of drug-likeness (QED) is 0.378. The van der Waals surface area contributed by atoms with E-state index in [0.717, 1.165) is 67.5 Å². The van der Waals surface area contributed by atoms with E-state index in [-0.39, 0.29) is 42.1 Å². The number of aliphatic hydroxyl groups excluding tert-OH is 1. The Morgan fingerprint density at radius 1 is 1.09 bits per heavy atom. The Morgan fingerprint density at radius 2 is 1.73 bits per heavy atom. The number of carbonyl (C=O) groups is 3. The van der Waals surface area contributed by atoms with E-state index in [0.29, 0.717) is 38.0 Å². The van der Waals surface area contributed by atoms with E-state index in [1.165, 1.54) is 0 Å². The largest absolute Gasteiger partial charge is 0.390 e. The van der Waals surface area contributed by atoms with Gasteiger partial charge in [-0.05, 0) is 69.6 Å². The molecule has 1 unspecified atom stereocenters. The number of aromatic nitrogens is 2. The summed E-state index contributed by atoms with van der Waals surface area (Å²) in [6.45, 7) is 7.84. The molecule has 3 amide bonds. The summed E-state index contributed by atoms with van der Waals surface area (Å²) in [6.07, 6.45) is 6.95. The second kappa shape index (κ2) is 14.6. The van der Waals surface area contributed by atoms with Gasteiger partial charge in [0.05, 0.1) is 17.8 Å². The van der Waals surface area contributed by atoms with Gasteiger partial charge in [-0.2, -0.15) is 5.10 Å². The smallest absolute Gasteiger partial charge is 0.253 e. The van der Waals surface area contributed by atoms with E-state index < -0.39 is 17.7 Å². The molecule has 45 heavy (non-hydrogen) atoms. The number of hydrogen-bond acceptors (Lipinski definition) is 6. The maximum Gasteiger partial charge on any atom is 0.253 e. The number of hydrogen-bond donors (Lipinski definition) is 3. The van der Waals surface area contributed by atoms with Crippen molar-refractivity contribution in [2.24, 2.45) is 5.92 Å². The number of aromatic amines is 1. The third-order valence-corrected chi connectivity index (χ3v) is 10.3. The van der Waals surface area contributed by atoms with Crippen LogP contribution in [0.3, 0.4) is 0 Å². The Balaban J connectivity index is 0.00000461. The molecule has 3 aliphatic rings. The summed E-state index contributed by atoms with van der Waals surface area (Å²) in [4.78, 5) is 46.5. The third-order valence-electron chi connectivity index (χ3n) is 10.3. The fourth-order valence-electron chi connectivity index (χ4n) is 7.70. The van der Waals surface area contributed by atoms with Gasteiger partial charge in [-0.1, -0.05) is 44.7 Å². The second-order valence-electron chi connectivity index (χ2n) is 13.3. The van der Waals surface area contributed by atoms with Crippen molar-refractivity contribution in [3.05, 3.63) is 52.3 Å². The average molecular weight is 643 g/mol. The number of halogens is 1. The molecule has 1 spiro atoms. The highest BCUT2D eigenvalue weighted by molar-refractivity contribution is 6.00. The number of likely N-dealkylation sites (tertiary alicyclic amines) is 1. The number of amides is 3. The van der Waals surface area contributed by atoms with E-state index in [9.17, 15) is 19.5 Å². The first-order valence-corrected chi connectivity index (χ1v) is 16.5. The van der Waals surface area contributed by atoms with E-state index >= 15 is 0 Å². The van der Waals surface area contributed by atoms with Gasteiger partial charge in [-0.3, -0.25) is 24.4 Å². The van der Waals surface area contributed by atoms with Crippen LogP contribution in [0, 0.1) is 19.8 Å². The number of piperazine rings is 1. The van der Waals surface area contributed by atoms with E-state index in [1.54, 1.807) is 19.0 Å². The highest BCUT2D eigenvalue weighted by Crippen LogP contribution is 2.40. The summed E-state index contributed by atoms with van der Waals surface area (Å²) in [7, 11) is 3.49. The van der Waals surface area contributed by atoms with Gasteiger partial charge in [0.2, 0.25) is 11.8 Å². The van der Waals surface area contributed by atoms with Gasteiger partial charge in [-0.15, -0.1) is 12.4 Å². The molecule has 11 heteroatoms. The number of aliphatic hydroxyl groups is 1. The van der Waals surface area contributed by atoms with Crippen LogP contribution in [0.4, 0.5) is 0 Å². The van der Waals surface area contributed by atoms with Crippen molar-refractivity contribution in [2.75, 3.05) is 33.7 Å². The van der Waals surface area contributed by atoms with Crippen molar-refractivity contribution >= 4 is 30.1 Å². The zero-order valence-corrected chi connectivity index (χ0v) is 28.3. The van der Waals surface area contributed by atoms with Gasteiger partial charge in [-0.25, -0.2) is 0 Å². The lowest BCUT2D eigenvalue weighted by Crippen LogP contribution is -2.75. The average Bonchev–Trinajstić information content (AvgIpc) is 3.37. The molecule has 1 aromatic carbocycles. The molecule has 1 aromatic heterocycles. The highest BCUT2D eigenvalue weighted by atomic mass is 35.5. The lowest BCUT2D eigenvalue weighted by atomic mass is 9.77. The molecule has 5 rings (SSSR count). The number of aryl methyl sites for hydroxylation is 2. The van der Waals surface area contributed by atoms with Crippen LogP contribution < -0.4 is 5.32 Å². The van der Waals surface area contributed by atoms with Gasteiger partial charge < -0.3 is 20.2 Å². The Hall–Kier alpha value is -2.95. The zero-order valence-electron chi connectivity index (χ0n) is 27.5. The molecule has 3 fully saturated rings. The molecule has 2 aliphatic heterocycles. The minimum atomic E-state index is -0.932. The molecule has 3 atom stereocenters. The minimum Gasteiger partial charge on any atom is -0.390 e. The summed E-state index contributed by atoms with van der Waals surface area (Å²) in [5.41, 5.74) is 3.73. The topological polar surface area (TPSA) is 122 Å². The molecule has 248 valence electrons. The van der Waals surface area contributed by atoms with Crippen molar-refractivity contribution in [2.45, 2.75) is 102 Å². The number of nitrogens with zero attached hydrogens (tertiary/aromatic N) is 4. The van der Waals surface area contributed by atoms with Gasteiger partial charge in [0.1, 0.15) is 11.6 Å². The van der Waals surface area contributed by atoms with Crippen LogP contribution in [0.2, 0.25) is 0 Å². The van der Waals surface area contributed by atoms with E-state index in [4.69, 9.17) is 0 Å². The maximum absolute atomic E-state index is 14.1. The number of rotatable bonds is 9. The normalized spacial score (nSPS) is 22.1. The summed E-state index contributed by atoms with van der Waals surface area (Å²) in [6, 6.07) is 6.77. The molecular formula is C34H51ClN6O4. The lowest BCUT2D eigenvalue weighted by molar-refractivity contribution is -0.166. The number of nitrogens with one attached hydrogen (secondary N) is 2. The van der Waals surface area contributed by atoms with Crippen molar-refractivity contribution in [1.29, 1.82) is 0 Å². The van der Waals surface area contributed by atoms with Crippen molar-refractivity contribution in [1.82, 2.24) is 30.2 Å². The molecule has 0 radical (unpaired) electrons. The molecule has 2 saturated heterocycles. The zero-order chi connectivity index (χ0) is 31.6. The SMILES string of the molecule is CCCCN1C(=O)[C@@H]([C@H](O)C2CCCCC2)NC(=O)C12CCN(C(c1ccc(C(=O)N(C)C)cc1)c1c(C)n[nH]c1C)CC2.Cl. The van der Waals surface area contributed by atoms with Crippen LogP contribution in [0.5, 0.6) is 0 Å². The van der Waals surface area contributed by atoms with Gasteiger partial charge >= 0.3 is 0 Å². The third kappa shape index (κ3) is 6.79. The highest BCUT2D eigenvalue weighted by Gasteiger charge is 2.55. The Morgan fingerprint density at radius 3 is 2.29 bits per heavy atom. The van der Waals surface area contributed by atoms with E-state index in [2.05, 4.69) is 27.3 Å². The standard InChI is InChI=1S/C34H50N6O4.ClH/c1-6-7-19-40-32(43)28(30(41)25-11-9-8-10-12-25)35-33(44)34(40)17-20-39(21-18-34)29(27-22(2)36-37-23(27)3)24-13-15-26(16-14-24)31(42)38(4)5;/h13-16,25,28-30,41H,6-12,17-21H2,1-5H3,(H,35,44)(H,36,37);1H/t28-,29?,30-;/m1./s1. The lowest BCUT2D eigenvalue weighted by Gasteiger charge is -2.53. The molecule has 2 aromatic rings. The molecule has 0 bridgehead atoms. The van der Waals surface area contributed by atoms with Crippen LogP contribution in [0.1, 0.15) is 104 Å². The van der Waals surface area contributed by atoms with Crippen molar-refractivity contribution in [3.63, 3.8) is 0 Å². The van der Waals surface area contributed by atoms with Crippen LogP contribution in [-0.4, -0.2) is 99.1 Å². The number of H-pyrrole nitrogens is 1. The monoisotopic (exact) mass is 642 g/mol. The molecule has 10 nitrogen and oxygen atoms in total. The van der Waals surface area contributed by atoms with Gasteiger partial charge in [0.25, 0.3) is 5.91 Å². The van der Waals surface area contributed by atoms with Gasteiger partial charge in [0.15, 0.2) is 0 Å². The fraction of sp³-hybridized carbons (Fsp3) is 0.647. The van der Waals surface area contributed by atoms with E-state index in [1.807, 2.05) is 43.0 Å². The predicted octanol–water partition coefficient (Wildman–Crippen LogP) is 4.14. The first kappa shape index (κ1) is 34.9. The van der Waals surface area contributed by atoms with Crippen molar-refractivity contribution in [3.8, 4) is 0 Å². The summed E-state index contributed by atoms with van der Waals surface area (Å²) in [5, 5.41) is 21.9. The van der Waals surface area contributed by atoms with Crippen LogP contribution >= 0.6 is 12.4 Å². The molecule has 3 heterocycles. The first-order valence-electron chi connectivity index (χ1n) is 16.5. The number of unbranched alkanes of at least 4 members (excludes halogenated alkanes) is 1. The number of piperidine rings is 1. The number of benzene rings is 1. The summed E-state index contributed by atoms with van der Waals surface area (Å²) < 4.78 is 0. The predicted molar refractivity (Wildman–Crippen MR) is 176 cm³/mol. The fourth-order valence-corrected chi connectivity index (χ4v) is 7.70. The van der Waals surface area contributed by atoms with Gasteiger partial charge in [0, 0.05) is 50.6 Å². The molecule has 1 saturated carbocycles. The van der Waals surface area contributed by atoms with Crippen LogP contribution in [0.25, 0.3) is 0 Å². The molecule has 3 N–H and O–H groups in total. The van der Waals surface area contributed by atoms with Crippen LogP contribution in [-0.2, 0) is 9.59 Å². The Bertz CT molecular complexity index is 1310. The Labute approximate surface area is 273 Å².